The van der Waals surface area contributed by atoms with E-state index in [1.165, 1.54) is 12.8 Å². The Morgan fingerprint density at radius 2 is 1.80 bits per heavy atom. The van der Waals surface area contributed by atoms with Crippen molar-refractivity contribution in [3.63, 3.8) is 0 Å². The molecule has 1 fully saturated rings. The molecule has 0 heterocycles. The Labute approximate surface area is 126 Å². The van der Waals surface area contributed by atoms with Crippen molar-refractivity contribution in [3.05, 3.63) is 29.8 Å². The van der Waals surface area contributed by atoms with Crippen LogP contribution in [0.2, 0.25) is 0 Å². The highest BCUT2D eigenvalue weighted by Crippen LogP contribution is 2.25. The van der Waals surface area contributed by atoms with Gasteiger partial charge in [-0.05, 0) is 37.1 Å². The summed E-state index contributed by atoms with van der Waals surface area (Å²) in [5, 5.41) is 0. The maximum Gasteiger partial charge on any atom is 0.254 e. The average Bonchev–Trinajstić information content (AvgIpc) is 2.98. The van der Waals surface area contributed by atoms with Gasteiger partial charge in [0.25, 0.3) is 5.91 Å². The van der Waals surface area contributed by atoms with Crippen molar-refractivity contribution in [1.29, 1.82) is 0 Å². The van der Waals surface area contributed by atoms with E-state index in [1.54, 1.807) is 0 Å². The van der Waals surface area contributed by atoms with Gasteiger partial charge in [0.15, 0.2) is 0 Å². The highest BCUT2D eigenvalue weighted by molar-refractivity contribution is 6.18. The van der Waals surface area contributed by atoms with E-state index in [1.807, 2.05) is 48.2 Å². The Morgan fingerprint density at radius 3 is 2.30 bits per heavy atom. The van der Waals surface area contributed by atoms with Gasteiger partial charge in [0.1, 0.15) is 0 Å². The quantitative estimate of drug-likeness (QED) is 0.777. The third-order valence-corrected chi connectivity index (χ3v) is 4.15. The lowest BCUT2D eigenvalue weighted by atomic mass is 10.1. The summed E-state index contributed by atoms with van der Waals surface area (Å²) in [5.74, 6) is 0.612. The van der Waals surface area contributed by atoms with E-state index >= 15 is 0 Å². The fourth-order valence-corrected chi connectivity index (χ4v) is 3.01. The molecular weight excluding hydrogens is 272 g/mol. The summed E-state index contributed by atoms with van der Waals surface area (Å²) in [6.45, 7) is 0.639. The van der Waals surface area contributed by atoms with Crippen LogP contribution in [-0.2, 0) is 0 Å². The number of benzene rings is 1. The SMILES string of the molecule is CN(C)c1ccc(C(=O)N(CCCl)C2CCCC2)cc1. The number of carbonyl (C=O) groups excluding carboxylic acids is 1. The molecule has 0 bridgehead atoms. The monoisotopic (exact) mass is 294 g/mol. The van der Waals surface area contributed by atoms with Crippen LogP contribution in [0.3, 0.4) is 0 Å². The summed E-state index contributed by atoms with van der Waals surface area (Å²) >= 11 is 5.87. The van der Waals surface area contributed by atoms with Crippen LogP contribution in [0.25, 0.3) is 0 Å². The van der Waals surface area contributed by atoms with E-state index in [0.29, 0.717) is 18.5 Å². The van der Waals surface area contributed by atoms with Crippen molar-refractivity contribution in [1.82, 2.24) is 4.90 Å². The van der Waals surface area contributed by atoms with Crippen molar-refractivity contribution in [2.45, 2.75) is 31.7 Å². The first kappa shape index (κ1) is 15.2. The molecule has 3 nitrogen and oxygen atoms in total. The molecule has 20 heavy (non-hydrogen) atoms. The summed E-state index contributed by atoms with van der Waals surface area (Å²) in [4.78, 5) is 16.6. The lowest BCUT2D eigenvalue weighted by Gasteiger charge is -2.28. The zero-order valence-electron chi connectivity index (χ0n) is 12.3. The molecule has 0 unspecified atom stereocenters. The molecule has 4 heteroatoms. The van der Waals surface area contributed by atoms with Crippen molar-refractivity contribution in [2.24, 2.45) is 0 Å². The summed E-state index contributed by atoms with van der Waals surface area (Å²) < 4.78 is 0. The molecule has 1 aromatic carbocycles. The number of hydrogen-bond donors (Lipinski definition) is 0. The number of rotatable bonds is 5. The summed E-state index contributed by atoms with van der Waals surface area (Å²) in [7, 11) is 3.99. The predicted molar refractivity (Wildman–Crippen MR) is 84.8 cm³/mol. The summed E-state index contributed by atoms with van der Waals surface area (Å²) in [5.41, 5.74) is 1.86. The molecule has 110 valence electrons. The number of amides is 1. The van der Waals surface area contributed by atoms with Crippen molar-refractivity contribution >= 4 is 23.2 Å². The van der Waals surface area contributed by atoms with E-state index in [-0.39, 0.29) is 5.91 Å². The van der Waals surface area contributed by atoms with Gasteiger partial charge in [-0.15, -0.1) is 11.6 Å². The molecular formula is C16H23ClN2O. The molecule has 0 aromatic heterocycles. The van der Waals surface area contributed by atoms with Crippen molar-refractivity contribution < 1.29 is 4.79 Å². The van der Waals surface area contributed by atoms with Gasteiger partial charge in [0.2, 0.25) is 0 Å². The second kappa shape index (κ2) is 6.98. The number of carbonyl (C=O) groups is 1. The van der Waals surface area contributed by atoms with Crippen LogP contribution < -0.4 is 4.90 Å². The highest BCUT2D eigenvalue weighted by atomic mass is 35.5. The molecule has 0 radical (unpaired) electrons. The van der Waals surface area contributed by atoms with Gasteiger partial charge < -0.3 is 9.80 Å². The van der Waals surface area contributed by atoms with Crippen LogP contribution in [0, 0.1) is 0 Å². The largest absolute Gasteiger partial charge is 0.378 e. The molecule has 0 spiro atoms. The first-order chi connectivity index (χ1) is 9.63. The molecule has 1 amide bonds. The Kier molecular flexibility index (Phi) is 5.30. The lowest BCUT2D eigenvalue weighted by molar-refractivity contribution is 0.0695. The van der Waals surface area contributed by atoms with E-state index in [9.17, 15) is 4.79 Å². The molecule has 2 rings (SSSR count). The Bertz CT molecular complexity index is 438. The molecule has 0 atom stereocenters. The second-order valence-corrected chi connectivity index (χ2v) is 5.95. The van der Waals surface area contributed by atoms with Crippen LogP contribution in [0.4, 0.5) is 5.69 Å². The average molecular weight is 295 g/mol. The van der Waals surface area contributed by atoms with Gasteiger partial charge in [-0.3, -0.25) is 4.79 Å². The van der Waals surface area contributed by atoms with E-state index in [0.717, 1.165) is 24.1 Å². The molecule has 1 aliphatic rings. The van der Waals surface area contributed by atoms with Crippen LogP contribution >= 0.6 is 11.6 Å². The van der Waals surface area contributed by atoms with Gasteiger partial charge in [-0.1, -0.05) is 12.8 Å². The normalized spacial score (nSPS) is 15.3. The summed E-state index contributed by atoms with van der Waals surface area (Å²) in [6.07, 6.45) is 4.66. The molecule has 1 aromatic rings. The number of halogens is 1. The first-order valence-corrected chi connectivity index (χ1v) is 7.81. The molecule has 0 saturated heterocycles. The van der Waals surface area contributed by atoms with Gasteiger partial charge in [-0.2, -0.15) is 0 Å². The Balaban J connectivity index is 2.13. The van der Waals surface area contributed by atoms with Gasteiger partial charge in [0, 0.05) is 43.8 Å². The van der Waals surface area contributed by atoms with Crippen molar-refractivity contribution in [3.8, 4) is 0 Å². The third-order valence-electron chi connectivity index (χ3n) is 3.98. The minimum Gasteiger partial charge on any atom is -0.378 e. The van der Waals surface area contributed by atoms with Crippen molar-refractivity contribution in [2.75, 3.05) is 31.4 Å². The lowest BCUT2D eigenvalue weighted by Crippen LogP contribution is -2.40. The predicted octanol–water partition coefficient (Wildman–Crippen LogP) is 3.38. The first-order valence-electron chi connectivity index (χ1n) is 7.28. The van der Waals surface area contributed by atoms with Crippen LogP contribution in [0.1, 0.15) is 36.0 Å². The maximum atomic E-state index is 12.7. The Morgan fingerprint density at radius 1 is 1.20 bits per heavy atom. The minimum atomic E-state index is 0.114. The van der Waals surface area contributed by atoms with Crippen LogP contribution in [0.15, 0.2) is 24.3 Å². The fraction of sp³-hybridized carbons (Fsp3) is 0.562. The van der Waals surface area contributed by atoms with Crippen LogP contribution in [-0.4, -0.2) is 43.4 Å². The molecule has 1 saturated carbocycles. The van der Waals surface area contributed by atoms with Crippen LogP contribution in [0.5, 0.6) is 0 Å². The fourth-order valence-electron chi connectivity index (χ4n) is 2.82. The smallest absolute Gasteiger partial charge is 0.254 e. The second-order valence-electron chi connectivity index (χ2n) is 5.57. The van der Waals surface area contributed by atoms with Gasteiger partial charge >= 0.3 is 0 Å². The number of anilines is 1. The standard InChI is InChI=1S/C16H23ClN2O/c1-18(2)14-9-7-13(8-10-14)16(20)19(12-11-17)15-5-3-4-6-15/h7-10,15H,3-6,11-12H2,1-2H3. The van der Waals surface area contributed by atoms with Gasteiger partial charge in [0.05, 0.1) is 0 Å². The molecule has 0 aliphatic heterocycles. The Hall–Kier alpha value is -1.22. The van der Waals surface area contributed by atoms with Gasteiger partial charge in [-0.25, -0.2) is 0 Å². The molecule has 1 aliphatic carbocycles. The zero-order chi connectivity index (χ0) is 14.5. The number of nitrogens with zero attached hydrogens (tertiary/aromatic N) is 2. The number of alkyl halides is 1. The third kappa shape index (κ3) is 3.45. The van der Waals surface area contributed by atoms with E-state index in [2.05, 4.69) is 0 Å². The zero-order valence-corrected chi connectivity index (χ0v) is 13.1. The highest BCUT2D eigenvalue weighted by Gasteiger charge is 2.26. The number of hydrogen-bond acceptors (Lipinski definition) is 2. The minimum absolute atomic E-state index is 0.114. The maximum absolute atomic E-state index is 12.7. The topological polar surface area (TPSA) is 23.6 Å². The van der Waals surface area contributed by atoms with E-state index < -0.39 is 0 Å². The molecule has 0 N–H and O–H groups in total. The van der Waals surface area contributed by atoms with E-state index in [4.69, 9.17) is 11.6 Å². The summed E-state index contributed by atoms with van der Waals surface area (Å²) in [6, 6.07) is 8.17.